The average molecular weight is 466 g/mol. The molecule has 3 aliphatic rings. The first kappa shape index (κ1) is 25.0. The zero-order chi connectivity index (χ0) is 24.6. The molecule has 0 bridgehead atoms. The Morgan fingerprint density at radius 3 is 2.36 bits per heavy atom. The van der Waals surface area contributed by atoms with Crippen molar-refractivity contribution in [2.75, 3.05) is 6.54 Å². The summed E-state index contributed by atoms with van der Waals surface area (Å²) >= 11 is 0. The first-order valence-corrected chi connectivity index (χ1v) is 11.5. The molecule has 2 saturated carbocycles. The second kappa shape index (κ2) is 9.32. The Morgan fingerprint density at radius 1 is 1.21 bits per heavy atom. The van der Waals surface area contributed by atoms with E-state index in [4.69, 9.17) is 4.74 Å². The topological polar surface area (TPSA) is 145 Å². The van der Waals surface area contributed by atoms with E-state index in [9.17, 15) is 29.4 Å². The van der Waals surface area contributed by atoms with Gasteiger partial charge in [-0.05, 0) is 37.5 Å². The molecule has 1 aliphatic heterocycles. The Morgan fingerprint density at radius 2 is 1.85 bits per heavy atom. The summed E-state index contributed by atoms with van der Waals surface area (Å²) in [7, 11) is 0. The van der Waals surface area contributed by atoms with Crippen molar-refractivity contribution in [2.45, 2.75) is 89.1 Å². The normalized spacial score (nSPS) is 30.4. The third kappa shape index (κ3) is 5.31. The van der Waals surface area contributed by atoms with Crippen LogP contribution in [0.15, 0.2) is 12.7 Å². The van der Waals surface area contributed by atoms with Crippen molar-refractivity contribution < 1.29 is 34.1 Å². The summed E-state index contributed by atoms with van der Waals surface area (Å²) in [5, 5.41) is 25.0. The molecule has 5 atom stereocenters. The van der Waals surface area contributed by atoms with Crippen LogP contribution in [0, 0.1) is 11.3 Å². The van der Waals surface area contributed by atoms with E-state index >= 15 is 0 Å². The minimum Gasteiger partial charge on any atom is -0.479 e. The van der Waals surface area contributed by atoms with Crippen molar-refractivity contribution in [3.63, 3.8) is 0 Å². The van der Waals surface area contributed by atoms with Crippen molar-refractivity contribution >= 4 is 23.9 Å². The van der Waals surface area contributed by atoms with Crippen LogP contribution in [-0.4, -0.2) is 75.4 Å². The summed E-state index contributed by atoms with van der Waals surface area (Å²) < 4.78 is 5.45. The summed E-state index contributed by atoms with van der Waals surface area (Å²) in [6.07, 6.45) is 3.46. The number of ether oxygens (including phenoxy) is 1. The van der Waals surface area contributed by atoms with Crippen LogP contribution in [0.25, 0.3) is 0 Å². The molecule has 4 N–H and O–H groups in total. The monoisotopic (exact) mass is 465 g/mol. The van der Waals surface area contributed by atoms with Crippen LogP contribution in [0.5, 0.6) is 0 Å². The number of carboxylic acids is 1. The summed E-state index contributed by atoms with van der Waals surface area (Å²) in [6.45, 7) is 8.86. The van der Waals surface area contributed by atoms with Gasteiger partial charge in [0.25, 0.3) is 0 Å². The zero-order valence-corrected chi connectivity index (χ0v) is 19.5. The van der Waals surface area contributed by atoms with Crippen LogP contribution in [0.3, 0.4) is 0 Å². The fourth-order valence-corrected chi connectivity index (χ4v) is 4.75. The van der Waals surface area contributed by atoms with E-state index in [1.54, 1.807) is 20.8 Å². The highest BCUT2D eigenvalue weighted by atomic mass is 16.6. The fourth-order valence-electron chi connectivity index (χ4n) is 4.75. The van der Waals surface area contributed by atoms with E-state index < -0.39 is 58.9 Å². The quantitative estimate of drug-likeness (QED) is 0.413. The van der Waals surface area contributed by atoms with E-state index in [2.05, 4.69) is 17.2 Å². The van der Waals surface area contributed by atoms with Gasteiger partial charge in [-0.3, -0.25) is 9.59 Å². The summed E-state index contributed by atoms with van der Waals surface area (Å²) in [4.78, 5) is 52.0. The van der Waals surface area contributed by atoms with Gasteiger partial charge < -0.3 is 30.5 Å². The lowest BCUT2D eigenvalue weighted by atomic mass is 9.85. The molecule has 184 valence electrons. The predicted octanol–water partition coefficient (Wildman–Crippen LogP) is 1.18. The number of amides is 3. The van der Waals surface area contributed by atoms with Gasteiger partial charge in [0, 0.05) is 18.9 Å². The molecule has 3 amide bonds. The van der Waals surface area contributed by atoms with Crippen molar-refractivity contribution in [1.82, 2.24) is 15.5 Å². The van der Waals surface area contributed by atoms with E-state index in [1.165, 1.54) is 11.0 Å². The highest BCUT2D eigenvalue weighted by Crippen LogP contribution is 2.45. The molecule has 0 aromatic carbocycles. The van der Waals surface area contributed by atoms with E-state index in [0.29, 0.717) is 0 Å². The number of carboxylic acid groups (broad SMARTS) is 1. The minimum absolute atomic E-state index is 0.0184. The van der Waals surface area contributed by atoms with Crippen molar-refractivity contribution in [3.8, 4) is 0 Å². The van der Waals surface area contributed by atoms with Crippen LogP contribution in [0.4, 0.5) is 4.79 Å². The Bertz CT molecular complexity index is 817. The second-order valence-electron chi connectivity index (χ2n) is 10.5. The second-order valence-corrected chi connectivity index (χ2v) is 10.5. The Balaban J connectivity index is 1.73. The number of hydrogen-bond donors (Lipinski definition) is 4. The average Bonchev–Trinajstić information content (AvgIpc) is 3.01. The number of likely N-dealkylation sites (tertiary alicyclic amines) is 1. The van der Waals surface area contributed by atoms with Crippen LogP contribution in [0.1, 0.15) is 59.3 Å². The van der Waals surface area contributed by atoms with Crippen LogP contribution >= 0.6 is 0 Å². The van der Waals surface area contributed by atoms with Gasteiger partial charge in [0.2, 0.25) is 11.8 Å². The molecule has 2 aliphatic carbocycles. The van der Waals surface area contributed by atoms with Gasteiger partial charge in [0.1, 0.15) is 23.7 Å². The summed E-state index contributed by atoms with van der Waals surface area (Å²) in [5.74, 6) is -2.74. The first-order valence-electron chi connectivity index (χ1n) is 11.5. The highest BCUT2D eigenvalue weighted by molar-refractivity contribution is 5.96. The number of aliphatic hydroxyl groups excluding tert-OH is 1. The third-order valence-electron chi connectivity index (χ3n) is 6.84. The number of rotatable bonds is 7. The largest absolute Gasteiger partial charge is 0.479 e. The maximum absolute atomic E-state index is 13.5. The number of aliphatic carboxylic acids is 1. The fraction of sp³-hybridized carbons (Fsp3) is 0.739. The van der Waals surface area contributed by atoms with E-state index in [-0.39, 0.29) is 25.5 Å². The third-order valence-corrected chi connectivity index (χ3v) is 6.84. The van der Waals surface area contributed by atoms with Gasteiger partial charge in [0.15, 0.2) is 0 Å². The number of hydrogen-bond acceptors (Lipinski definition) is 6. The van der Waals surface area contributed by atoms with Crippen molar-refractivity contribution in [3.05, 3.63) is 12.7 Å². The molecule has 0 radical (unpaired) electrons. The van der Waals surface area contributed by atoms with Gasteiger partial charge >= 0.3 is 12.1 Å². The number of carbonyl (C=O) groups excluding carboxylic acids is 3. The Kier molecular flexibility index (Phi) is 7.07. The standard InChI is InChI=1S/C23H35N3O7/c1-5-13-11-23(13,20(30)31)25-18(28)16-10-14(27)12-26(16)19(29)17(22(2,3)4)24-21(32)33-15-8-6-7-9-15/h5,13-17,27H,1,6-12H2,2-4H3,(H,24,32)(H,25,28)(H,30,31)/t13-,14-,16+,17-,23-/m1/s1. The molecule has 1 saturated heterocycles. The molecule has 10 nitrogen and oxygen atoms in total. The van der Waals surface area contributed by atoms with Crippen molar-refractivity contribution in [2.24, 2.45) is 11.3 Å². The number of nitrogens with zero attached hydrogens (tertiary/aromatic N) is 1. The van der Waals surface area contributed by atoms with Crippen molar-refractivity contribution in [1.29, 1.82) is 0 Å². The lowest BCUT2D eigenvalue weighted by Gasteiger charge is -2.35. The molecule has 0 aromatic rings. The first-order chi connectivity index (χ1) is 15.4. The molecule has 10 heteroatoms. The van der Waals surface area contributed by atoms with Crippen LogP contribution in [0.2, 0.25) is 0 Å². The highest BCUT2D eigenvalue weighted by Gasteiger charge is 2.61. The predicted molar refractivity (Wildman–Crippen MR) is 118 cm³/mol. The molecule has 0 aromatic heterocycles. The van der Waals surface area contributed by atoms with E-state index in [0.717, 1.165) is 25.7 Å². The molecule has 3 fully saturated rings. The summed E-state index contributed by atoms with van der Waals surface area (Å²) in [6, 6.07) is -2.05. The van der Waals surface area contributed by atoms with Crippen LogP contribution in [-0.2, 0) is 19.1 Å². The van der Waals surface area contributed by atoms with Gasteiger partial charge in [-0.2, -0.15) is 0 Å². The van der Waals surface area contributed by atoms with E-state index in [1.807, 2.05) is 0 Å². The zero-order valence-electron chi connectivity index (χ0n) is 19.5. The Labute approximate surface area is 193 Å². The lowest BCUT2D eigenvalue weighted by molar-refractivity contribution is -0.146. The maximum atomic E-state index is 13.5. The van der Waals surface area contributed by atoms with Gasteiger partial charge in [0.05, 0.1) is 6.10 Å². The van der Waals surface area contributed by atoms with Gasteiger partial charge in [-0.15, -0.1) is 6.58 Å². The molecule has 0 unspecified atom stereocenters. The smallest absolute Gasteiger partial charge is 0.408 e. The van der Waals surface area contributed by atoms with Crippen LogP contribution < -0.4 is 10.6 Å². The van der Waals surface area contributed by atoms with Gasteiger partial charge in [-0.1, -0.05) is 26.8 Å². The Hall–Kier alpha value is -2.62. The molecular formula is C23H35N3O7. The number of carbonyl (C=O) groups is 4. The molecule has 3 rings (SSSR count). The molecule has 1 heterocycles. The SMILES string of the molecule is C=C[C@@H]1C[C@]1(NC(=O)[C@@H]1C[C@@H](O)CN1C(=O)[C@@H](NC(=O)OC1CCCC1)C(C)(C)C)C(=O)O. The number of nitrogens with one attached hydrogen (secondary N) is 2. The summed E-state index contributed by atoms with van der Waals surface area (Å²) in [5.41, 5.74) is -2.14. The number of aliphatic hydroxyl groups is 1. The maximum Gasteiger partial charge on any atom is 0.408 e. The minimum atomic E-state index is -1.44. The molecule has 33 heavy (non-hydrogen) atoms. The lowest BCUT2D eigenvalue weighted by Crippen LogP contribution is -2.59. The molecule has 0 spiro atoms. The van der Waals surface area contributed by atoms with Gasteiger partial charge in [-0.25, -0.2) is 9.59 Å². The number of β-amino-alcohol motifs (C(OH)–C–C–N with tert-alkyl or cyclic N) is 1. The number of alkyl carbamates (subject to hydrolysis) is 1. The molecular weight excluding hydrogens is 430 g/mol.